The van der Waals surface area contributed by atoms with Gasteiger partial charge in [0.15, 0.2) is 0 Å². The van der Waals surface area contributed by atoms with E-state index in [1.807, 2.05) is 0 Å². The summed E-state index contributed by atoms with van der Waals surface area (Å²) in [5.41, 5.74) is 0. The smallest absolute Gasteiger partial charge is 0.266 e. The van der Waals surface area contributed by atoms with Crippen molar-refractivity contribution in [1.29, 1.82) is 0 Å². The molecule has 37 heavy (non-hydrogen) atoms. The zero-order chi connectivity index (χ0) is 26.9. The van der Waals surface area contributed by atoms with E-state index in [0.717, 1.165) is 19.3 Å². The molecule has 0 saturated heterocycles. The van der Waals surface area contributed by atoms with Gasteiger partial charge >= 0.3 is 0 Å². The summed E-state index contributed by atoms with van der Waals surface area (Å²) in [4.78, 5) is 0.168. The van der Waals surface area contributed by atoms with Crippen LogP contribution in [-0.4, -0.2) is 15.0 Å². The Bertz CT molecular complexity index is 718. The van der Waals surface area contributed by atoms with Gasteiger partial charge in [0, 0.05) is 5.02 Å². The monoisotopic (exact) mass is 556 g/mol. The molecule has 0 radical (unpaired) electrons. The Morgan fingerprint density at radius 1 is 0.514 bits per heavy atom. The number of unbranched alkanes of at least 4 members (excludes halogenated alkanes) is 23. The lowest BCUT2D eigenvalue weighted by Crippen LogP contribution is -2.07. The highest BCUT2D eigenvalue weighted by Crippen LogP contribution is 2.18. The minimum absolute atomic E-state index is 0.168. The maximum Gasteiger partial charge on any atom is 0.296 e. The van der Waals surface area contributed by atoms with E-state index in [-0.39, 0.29) is 11.5 Å². The summed E-state index contributed by atoms with van der Waals surface area (Å²) < 4.78 is 29.4. The minimum Gasteiger partial charge on any atom is -0.266 e. The van der Waals surface area contributed by atoms with E-state index >= 15 is 0 Å². The lowest BCUT2D eigenvalue weighted by atomic mass is 10.0. The highest BCUT2D eigenvalue weighted by molar-refractivity contribution is 7.86. The van der Waals surface area contributed by atoms with E-state index in [9.17, 15) is 8.42 Å². The standard InChI is InChI=1S/C32H57ClO3S/c1-2-3-4-5-6-7-8-9-10-11-12-13-14-15-16-17-18-19-20-21-22-23-24-25-30-36-37(34,35)32-28-26-31(33)27-29-32/h26-29H,2-25,30H2,1H3. The van der Waals surface area contributed by atoms with Crippen LogP contribution in [0.1, 0.15) is 161 Å². The average Bonchev–Trinajstić information content (AvgIpc) is 2.89. The molecule has 0 atom stereocenters. The predicted octanol–water partition coefficient (Wildman–Crippen LogP) is 11.4. The molecule has 0 aromatic heterocycles. The van der Waals surface area contributed by atoms with Crippen molar-refractivity contribution in [2.24, 2.45) is 0 Å². The molecule has 1 rings (SSSR count). The van der Waals surface area contributed by atoms with Gasteiger partial charge in [0.05, 0.1) is 11.5 Å². The normalized spacial score (nSPS) is 11.8. The minimum atomic E-state index is -3.66. The average molecular weight is 557 g/mol. The van der Waals surface area contributed by atoms with Gasteiger partial charge in [-0.25, -0.2) is 0 Å². The molecule has 5 heteroatoms. The van der Waals surface area contributed by atoms with E-state index in [4.69, 9.17) is 15.8 Å². The Balaban J connectivity index is 1.74. The van der Waals surface area contributed by atoms with Crippen LogP contribution in [0.3, 0.4) is 0 Å². The van der Waals surface area contributed by atoms with Gasteiger partial charge < -0.3 is 0 Å². The topological polar surface area (TPSA) is 43.4 Å². The SMILES string of the molecule is CCCCCCCCCCCCCCCCCCCCCCCCCCOS(=O)(=O)c1ccc(Cl)cc1. The van der Waals surface area contributed by atoms with Crippen molar-refractivity contribution < 1.29 is 12.6 Å². The van der Waals surface area contributed by atoms with E-state index in [0.29, 0.717) is 5.02 Å². The van der Waals surface area contributed by atoms with Crippen molar-refractivity contribution in [2.75, 3.05) is 6.61 Å². The molecule has 0 unspecified atom stereocenters. The summed E-state index contributed by atoms with van der Waals surface area (Å²) in [6.07, 6.45) is 32.5. The first-order valence-electron chi connectivity index (χ1n) is 15.7. The fourth-order valence-corrected chi connectivity index (χ4v) is 5.97. The summed E-state index contributed by atoms with van der Waals surface area (Å²) in [6.45, 7) is 2.54. The zero-order valence-corrected chi connectivity index (χ0v) is 25.6. The van der Waals surface area contributed by atoms with E-state index in [1.165, 1.54) is 147 Å². The molecule has 0 fully saturated rings. The number of rotatable bonds is 27. The Hall–Kier alpha value is -0.580. The van der Waals surface area contributed by atoms with Gasteiger partial charge in [-0.15, -0.1) is 0 Å². The van der Waals surface area contributed by atoms with Crippen LogP contribution in [0.2, 0.25) is 5.02 Å². The van der Waals surface area contributed by atoms with Gasteiger partial charge in [0.1, 0.15) is 0 Å². The van der Waals surface area contributed by atoms with Gasteiger partial charge in [-0.05, 0) is 30.7 Å². The largest absolute Gasteiger partial charge is 0.296 e. The summed E-state index contributed by atoms with van der Waals surface area (Å²) >= 11 is 5.81. The predicted molar refractivity (Wildman–Crippen MR) is 161 cm³/mol. The molecule has 0 spiro atoms. The van der Waals surface area contributed by atoms with Crippen LogP contribution in [0.4, 0.5) is 0 Å². The molecule has 216 valence electrons. The zero-order valence-electron chi connectivity index (χ0n) is 24.0. The maximum atomic E-state index is 12.1. The molecular weight excluding hydrogens is 500 g/mol. The van der Waals surface area contributed by atoms with Crippen LogP contribution in [0, 0.1) is 0 Å². The number of hydrogen-bond acceptors (Lipinski definition) is 3. The number of benzene rings is 1. The van der Waals surface area contributed by atoms with Crippen molar-refractivity contribution in [3.05, 3.63) is 29.3 Å². The lowest BCUT2D eigenvalue weighted by Gasteiger charge is -2.06. The Labute approximate surface area is 235 Å². The first-order chi connectivity index (χ1) is 18.1. The molecule has 0 aliphatic heterocycles. The molecule has 0 bridgehead atoms. The van der Waals surface area contributed by atoms with Crippen LogP contribution in [0.25, 0.3) is 0 Å². The second-order valence-electron chi connectivity index (χ2n) is 10.9. The molecule has 0 heterocycles. The highest BCUT2D eigenvalue weighted by Gasteiger charge is 2.14. The maximum absolute atomic E-state index is 12.1. The van der Waals surface area contributed by atoms with Crippen molar-refractivity contribution in [1.82, 2.24) is 0 Å². The molecule has 0 N–H and O–H groups in total. The first-order valence-corrected chi connectivity index (χ1v) is 17.5. The van der Waals surface area contributed by atoms with Crippen LogP contribution in [0.15, 0.2) is 29.2 Å². The Morgan fingerprint density at radius 2 is 0.811 bits per heavy atom. The summed E-state index contributed by atoms with van der Waals surface area (Å²) in [7, 11) is -3.66. The Morgan fingerprint density at radius 3 is 1.14 bits per heavy atom. The van der Waals surface area contributed by atoms with Gasteiger partial charge in [0.25, 0.3) is 10.1 Å². The van der Waals surface area contributed by atoms with E-state index in [1.54, 1.807) is 12.1 Å². The molecule has 1 aromatic carbocycles. The van der Waals surface area contributed by atoms with Crippen LogP contribution in [0.5, 0.6) is 0 Å². The van der Waals surface area contributed by atoms with Gasteiger partial charge in [-0.3, -0.25) is 4.18 Å². The molecule has 0 amide bonds. The van der Waals surface area contributed by atoms with E-state index < -0.39 is 10.1 Å². The third kappa shape index (κ3) is 21.0. The number of hydrogen-bond donors (Lipinski definition) is 0. The van der Waals surface area contributed by atoms with Crippen LogP contribution >= 0.6 is 11.6 Å². The molecular formula is C32H57ClO3S. The summed E-state index contributed by atoms with van der Waals surface area (Å²) in [5.74, 6) is 0. The van der Waals surface area contributed by atoms with Crippen LogP contribution in [-0.2, 0) is 14.3 Å². The van der Waals surface area contributed by atoms with Gasteiger partial charge in [0.2, 0.25) is 0 Å². The molecule has 3 nitrogen and oxygen atoms in total. The summed E-state index contributed by atoms with van der Waals surface area (Å²) in [6, 6.07) is 6.10. The fraction of sp³-hybridized carbons (Fsp3) is 0.812. The van der Waals surface area contributed by atoms with Crippen molar-refractivity contribution in [3.63, 3.8) is 0 Å². The molecule has 0 aliphatic rings. The molecule has 1 aromatic rings. The fourth-order valence-electron chi connectivity index (χ4n) is 4.90. The second-order valence-corrected chi connectivity index (χ2v) is 12.9. The van der Waals surface area contributed by atoms with Crippen LogP contribution < -0.4 is 0 Å². The number of halogens is 1. The quantitative estimate of drug-likeness (QED) is 0.0798. The second kappa shape index (κ2) is 24.5. The lowest BCUT2D eigenvalue weighted by molar-refractivity contribution is 0.306. The van der Waals surface area contributed by atoms with Gasteiger partial charge in [-0.2, -0.15) is 8.42 Å². The van der Waals surface area contributed by atoms with Crippen molar-refractivity contribution >= 4 is 21.7 Å². The first kappa shape index (κ1) is 34.4. The van der Waals surface area contributed by atoms with Gasteiger partial charge in [-0.1, -0.05) is 166 Å². The highest BCUT2D eigenvalue weighted by atomic mass is 35.5. The molecule has 0 aliphatic carbocycles. The van der Waals surface area contributed by atoms with Crippen molar-refractivity contribution in [2.45, 2.75) is 166 Å². The molecule has 0 saturated carbocycles. The Kier molecular flexibility index (Phi) is 22.8. The third-order valence-electron chi connectivity index (χ3n) is 7.34. The van der Waals surface area contributed by atoms with Crippen molar-refractivity contribution in [3.8, 4) is 0 Å². The van der Waals surface area contributed by atoms with E-state index in [2.05, 4.69) is 6.92 Å². The summed E-state index contributed by atoms with van der Waals surface area (Å²) in [5, 5.41) is 0.518. The third-order valence-corrected chi connectivity index (χ3v) is 8.92.